The summed E-state index contributed by atoms with van der Waals surface area (Å²) in [5, 5.41) is 11.4. The minimum absolute atomic E-state index is 0.0569. The number of hydrogen-bond donors (Lipinski definition) is 1. The average Bonchev–Trinajstić information content (AvgIpc) is 2.88. The van der Waals surface area contributed by atoms with Crippen LogP contribution in [-0.2, 0) is 5.60 Å². The van der Waals surface area contributed by atoms with Crippen molar-refractivity contribution >= 4 is 0 Å². The van der Waals surface area contributed by atoms with Crippen molar-refractivity contribution < 1.29 is 5.11 Å². The Kier molecular flexibility index (Phi) is 1.47. The normalized spacial score (nSPS) is 52.8. The summed E-state index contributed by atoms with van der Waals surface area (Å²) in [7, 11) is 0. The quantitative estimate of drug-likeness (QED) is 0.782. The fourth-order valence-electron chi connectivity index (χ4n) is 5.50. The van der Waals surface area contributed by atoms with E-state index in [0.29, 0.717) is 5.92 Å². The summed E-state index contributed by atoms with van der Waals surface area (Å²) < 4.78 is 0. The largest absolute Gasteiger partial charge is 0.384 e. The highest BCUT2D eigenvalue weighted by Crippen LogP contribution is 2.89. The van der Waals surface area contributed by atoms with Crippen LogP contribution in [0.5, 0.6) is 0 Å². The molecule has 5 rings (SSSR count). The predicted molar refractivity (Wildman–Crippen MR) is 67.3 cm³/mol. The van der Waals surface area contributed by atoms with Crippen molar-refractivity contribution in [3.05, 3.63) is 35.9 Å². The van der Waals surface area contributed by atoms with Gasteiger partial charge in [0, 0.05) is 5.41 Å². The van der Waals surface area contributed by atoms with Crippen LogP contribution in [0.15, 0.2) is 30.3 Å². The van der Waals surface area contributed by atoms with Crippen LogP contribution in [0.25, 0.3) is 0 Å². The van der Waals surface area contributed by atoms with Gasteiger partial charge in [0.05, 0.1) is 5.60 Å². The monoisotopic (exact) mass is 228 g/mol. The zero-order valence-electron chi connectivity index (χ0n) is 10.8. The molecule has 0 heterocycles. The second kappa shape index (κ2) is 2.47. The van der Waals surface area contributed by atoms with Crippen molar-refractivity contribution in [1.82, 2.24) is 0 Å². The van der Waals surface area contributed by atoms with Crippen molar-refractivity contribution in [2.75, 3.05) is 0 Å². The van der Waals surface area contributed by atoms with Crippen molar-refractivity contribution in [3.63, 3.8) is 0 Å². The summed E-state index contributed by atoms with van der Waals surface area (Å²) in [5.74, 6) is 2.04. The average molecular weight is 228 g/mol. The number of rotatable bonds is 1. The van der Waals surface area contributed by atoms with Crippen LogP contribution in [0, 0.1) is 28.6 Å². The molecular formula is C16H20O. The molecule has 1 nitrogen and oxygen atoms in total. The van der Waals surface area contributed by atoms with E-state index >= 15 is 0 Å². The Balaban J connectivity index is 1.93. The van der Waals surface area contributed by atoms with Gasteiger partial charge in [-0.05, 0) is 35.2 Å². The van der Waals surface area contributed by atoms with Crippen LogP contribution in [0.2, 0.25) is 0 Å². The van der Waals surface area contributed by atoms with Gasteiger partial charge in [0.25, 0.3) is 0 Å². The number of benzene rings is 1. The number of hydrogen-bond acceptors (Lipinski definition) is 1. The third kappa shape index (κ3) is 0.779. The highest BCUT2D eigenvalue weighted by atomic mass is 16.3. The maximum Gasteiger partial charge on any atom is 0.0988 e. The molecule has 4 bridgehead atoms. The molecule has 0 amide bonds. The van der Waals surface area contributed by atoms with Gasteiger partial charge < -0.3 is 5.11 Å². The maximum atomic E-state index is 11.4. The lowest BCUT2D eigenvalue weighted by Crippen LogP contribution is -2.44. The lowest BCUT2D eigenvalue weighted by molar-refractivity contribution is -0.0882. The van der Waals surface area contributed by atoms with Gasteiger partial charge >= 0.3 is 0 Å². The van der Waals surface area contributed by atoms with Gasteiger partial charge in [-0.3, -0.25) is 0 Å². The van der Waals surface area contributed by atoms with Crippen molar-refractivity contribution in [2.45, 2.75) is 32.8 Å². The molecule has 0 saturated heterocycles. The molecule has 5 atom stereocenters. The smallest absolute Gasteiger partial charge is 0.0988 e. The Bertz CT molecular complexity index is 492. The van der Waals surface area contributed by atoms with Crippen molar-refractivity contribution in [3.8, 4) is 0 Å². The first-order valence-electron chi connectivity index (χ1n) is 6.72. The van der Waals surface area contributed by atoms with Crippen molar-refractivity contribution in [2.24, 2.45) is 28.6 Å². The van der Waals surface area contributed by atoms with Gasteiger partial charge in [0.1, 0.15) is 0 Å². The topological polar surface area (TPSA) is 20.2 Å². The fourth-order valence-corrected chi connectivity index (χ4v) is 5.50. The van der Waals surface area contributed by atoms with E-state index in [2.05, 4.69) is 45.0 Å². The van der Waals surface area contributed by atoms with E-state index in [-0.39, 0.29) is 10.8 Å². The molecule has 4 aliphatic rings. The number of aliphatic hydroxyl groups is 1. The fraction of sp³-hybridized carbons (Fsp3) is 0.625. The summed E-state index contributed by atoms with van der Waals surface area (Å²) in [6, 6.07) is 10.4. The van der Waals surface area contributed by atoms with Crippen LogP contribution < -0.4 is 0 Å². The highest BCUT2D eigenvalue weighted by molar-refractivity contribution is 5.42. The molecule has 0 spiro atoms. The summed E-state index contributed by atoms with van der Waals surface area (Å²) in [6.45, 7) is 7.02. The molecule has 4 fully saturated rings. The lowest BCUT2D eigenvalue weighted by atomic mass is 9.63. The first-order valence-corrected chi connectivity index (χ1v) is 6.72. The molecule has 1 aromatic carbocycles. The molecule has 1 aromatic rings. The summed E-state index contributed by atoms with van der Waals surface area (Å²) >= 11 is 0. The van der Waals surface area contributed by atoms with E-state index in [1.54, 1.807) is 0 Å². The van der Waals surface area contributed by atoms with E-state index in [9.17, 15) is 5.11 Å². The third-order valence-corrected chi connectivity index (χ3v) is 6.61. The van der Waals surface area contributed by atoms with Crippen molar-refractivity contribution in [1.29, 1.82) is 0 Å². The second-order valence-corrected chi connectivity index (χ2v) is 7.11. The third-order valence-electron chi connectivity index (χ3n) is 6.61. The molecule has 1 N–H and O–H groups in total. The maximum absolute atomic E-state index is 11.4. The Morgan fingerprint density at radius 3 is 2.12 bits per heavy atom. The molecule has 4 saturated carbocycles. The molecule has 0 aliphatic heterocycles. The van der Waals surface area contributed by atoms with Crippen LogP contribution >= 0.6 is 0 Å². The van der Waals surface area contributed by atoms with Gasteiger partial charge in [0.15, 0.2) is 0 Å². The molecule has 0 aromatic heterocycles. The molecule has 0 radical (unpaired) electrons. The zero-order chi connectivity index (χ0) is 12.1. The van der Waals surface area contributed by atoms with Gasteiger partial charge in [0.2, 0.25) is 0 Å². The van der Waals surface area contributed by atoms with Crippen LogP contribution in [0.3, 0.4) is 0 Å². The molecule has 17 heavy (non-hydrogen) atoms. The van der Waals surface area contributed by atoms with E-state index in [0.717, 1.165) is 17.4 Å². The Morgan fingerprint density at radius 2 is 1.71 bits per heavy atom. The van der Waals surface area contributed by atoms with Gasteiger partial charge in [-0.2, -0.15) is 0 Å². The second-order valence-electron chi connectivity index (χ2n) is 7.11. The van der Waals surface area contributed by atoms with Gasteiger partial charge in [-0.1, -0.05) is 51.1 Å². The first-order chi connectivity index (χ1) is 7.94. The molecular weight excluding hydrogens is 208 g/mol. The predicted octanol–water partition coefficient (Wildman–Crippen LogP) is 3.19. The molecule has 1 heteroatoms. The van der Waals surface area contributed by atoms with E-state index in [4.69, 9.17) is 0 Å². The van der Waals surface area contributed by atoms with Crippen LogP contribution in [0.1, 0.15) is 32.8 Å². The molecule has 4 aliphatic carbocycles. The minimum atomic E-state index is -0.576. The van der Waals surface area contributed by atoms with Gasteiger partial charge in [-0.25, -0.2) is 0 Å². The zero-order valence-corrected chi connectivity index (χ0v) is 10.8. The molecule has 90 valence electrons. The first kappa shape index (κ1) is 10.1. The SMILES string of the molecule is CC1(C)[C@@H]2C3C[C@]1(C)[C@](O)(c1ccccc1)C32. The van der Waals surface area contributed by atoms with Crippen LogP contribution in [-0.4, -0.2) is 5.11 Å². The highest BCUT2D eigenvalue weighted by Gasteiger charge is 2.87. The minimum Gasteiger partial charge on any atom is -0.384 e. The van der Waals surface area contributed by atoms with Crippen LogP contribution in [0.4, 0.5) is 0 Å². The molecule has 2 unspecified atom stereocenters. The Hall–Kier alpha value is -0.820. The van der Waals surface area contributed by atoms with E-state index in [1.165, 1.54) is 6.42 Å². The van der Waals surface area contributed by atoms with Gasteiger partial charge in [-0.15, -0.1) is 0 Å². The standard InChI is InChI=1S/C16H20O/c1-14(2)12-11-9-15(14,3)16(17,13(11)12)10-7-5-4-6-8-10/h4-8,11-13,17H,9H2,1-3H3/t11?,12-,13?,15+,16+/m1/s1. The summed E-state index contributed by atoms with van der Waals surface area (Å²) in [6.07, 6.45) is 1.21. The Labute approximate surface area is 103 Å². The summed E-state index contributed by atoms with van der Waals surface area (Å²) in [5.41, 5.74) is 0.907. The lowest BCUT2D eigenvalue weighted by Gasteiger charge is -2.44. The van der Waals surface area contributed by atoms with E-state index in [1.807, 2.05) is 6.07 Å². The summed E-state index contributed by atoms with van der Waals surface area (Å²) in [4.78, 5) is 0. The Morgan fingerprint density at radius 1 is 1.06 bits per heavy atom. The van der Waals surface area contributed by atoms with E-state index < -0.39 is 5.60 Å².